The number of unbranched alkanes of at least 4 members (excludes halogenated alkanes) is 2. The lowest BCUT2D eigenvalue weighted by Crippen LogP contribution is -2.55. The third-order valence-electron chi connectivity index (χ3n) is 18.6. The molecule has 3 aliphatic heterocycles. The first-order valence-corrected chi connectivity index (χ1v) is 32.6. The normalized spacial score (nSPS) is 20.4. The Labute approximate surface area is 539 Å². The number of imide groups is 1. The third kappa shape index (κ3) is 13.2. The first-order chi connectivity index (χ1) is 44.1. The van der Waals surface area contributed by atoms with E-state index in [-0.39, 0.29) is 66.0 Å². The predicted molar refractivity (Wildman–Crippen MR) is 340 cm³/mol. The Morgan fingerprint density at radius 1 is 0.880 bits per heavy atom. The molecule has 5 aromatic heterocycles. The number of aryl methyl sites for hydroxylation is 1. The number of hydrogen-bond donors (Lipinski definition) is 3. The van der Waals surface area contributed by atoms with E-state index in [1.807, 2.05) is 67.3 Å². The first-order valence-electron chi connectivity index (χ1n) is 31.4. The Bertz CT molecular complexity index is 4090. The van der Waals surface area contributed by atoms with Crippen LogP contribution in [0.15, 0.2) is 91.4 Å². The van der Waals surface area contributed by atoms with Crippen molar-refractivity contribution in [2.45, 2.75) is 148 Å². The van der Waals surface area contributed by atoms with Gasteiger partial charge in [-0.2, -0.15) is 15.3 Å². The van der Waals surface area contributed by atoms with E-state index >= 15 is 4.39 Å². The van der Waals surface area contributed by atoms with Crippen LogP contribution in [0.25, 0.3) is 32.2 Å². The molecule has 5 aliphatic rings. The lowest BCUT2D eigenvalue weighted by atomic mass is 9.90. The van der Waals surface area contributed by atoms with Gasteiger partial charge in [-0.15, -0.1) is 20.1 Å². The number of piperazine rings is 1. The van der Waals surface area contributed by atoms with Crippen molar-refractivity contribution in [2.24, 2.45) is 11.8 Å². The monoisotopic (exact) mass is 1300 g/mol. The molecule has 2 aliphatic carbocycles. The zero-order valence-corrected chi connectivity index (χ0v) is 53.5. The molecule has 8 aromatic rings. The van der Waals surface area contributed by atoms with Crippen LogP contribution >= 0.6 is 22.9 Å². The average Bonchev–Trinajstić information content (AvgIpc) is 1.59. The maximum Gasteiger partial charge on any atom is 0.586 e. The highest BCUT2D eigenvalue weighted by Gasteiger charge is 2.59. The smallest absolute Gasteiger partial charge is 0.395 e. The van der Waals surface area contributed by atoms with Crippen LogP contribution in [0.2, 0.25) is 5.02 Å². The second-order valence-corrected chi connectivity index (χ2v) is 27.7. The van der Waals surface area contributed by atoms with Crippen molar-refractivity contribution < 1.29 is 56.7 Å². The number of hydrogen-bond acceptors (Lipinski definition) is 16. The number of aliphatic hydroxyl groups is 2. The topological polar surface area (TPSA) is 212 Å². The third-order valence-corrected chi connectivity index (χ3v) is 20.0. The zero-order chi connectivity index (χ0) is 64.4. The number of ether oxygens (including phenoxy) is 4. The van der Waals surface area contributed by atoms with Crippen molar-refractivity contribution >= 4 is 67.5 Å². The summed E-state index contributed by atoms with van der Waals surface area (Å²) in [6.45, 7) is 15.9. The Balaban J connectivity index is 0.542. The number of aromatic nitrogens is 6. The number of carbonyl (C=O) groups excluding carboxylic acids is 3. The van der Waals surface area contributed by atoms with Gasteiger partial charge < -0.3 is 39.0 Å². The maximum absolute atomic E-state index is 15.9. The van der Waals surface area contributed by atoms with Gasteiger partial charge in [0.1, 0.15) is 5.82 Å². The number of anilines is 1. The molecule has 0 radical (unpaired) electrons. The van der Waals surface area contributed by atoms with E-state index in [2.05, 4.69) is 72.9 Å². The SMILES string of the molecule is Cc1cc(Cl)cc(-c2ccnc3cc(CN4C(=O)C5CC5C4=O)sc23)c1CN1[C@@H](C)CN(Cc2cnn(Cc3ccc(COCCCCCOCC(C)(C)c4cc5cc(NC(=O)C6(c7ccc8c(c7)OC(F)(F)O8)CC6)c(F)cc5n4C[C@H](O)CO)nn3)c2)C[C@@H]1C. The van der Waals surface area contributed by atoms with Crippen molar-refractivity contribution in [1.29, 1.82) is 0 Å². The van der Waals surface area contributed by atoms with Crippen molar-refractivity contribution in [3.05, 3.63) is 146 Å². The molecule has 24 heteroatoms. The Morgan fingerprint density at radius 2 is 1.62 bits per heavy atom. The van der Waals surface area contributed by atoms with Crippen LogP contribution < -0.4 is 14.8 Å². The van der Waals surface area contributed by atoms with Gasteiger partial charge in [0, 0.05) is 107 Å². The first kappa shape index (κ1) is 63.4. The lowest BCUT2D eigenvalue weighted by molar-refractivity contribution is -0.286. The molecule has 2 unspecified atom stereocenters. The summed E-state index contributed by atoms with van der Waals surface area (Å²) in [6, 6.07) is 21.5. The number of nitrogens with one attached hydrogen (secondary N) is 1. The van der Waals surface area contributed by atoms with Gasteiger partial charge >= 0.3 is 6.29 Å². The molecular formula is C68H74ClF3N10O9S. The zero-order valence-electron chi connectivity index (χ0n) is 52.0. The molecule has 19 nitrogen and oxygen atoms in total. The van der Waals surface area contributed by atoms with E-state index in [0.717, 1.165) is 99.9 Å². The van der Waals surface area contributed by atoms with Gasteiger partial charge in [-0.1, -0.05) is 31.5 Å². The standard InChI is InChI=1S/C68H74ClF3N10O9S/c1-39-19-45(69)23-51(50-13-16-73-57-24-49(92-62(50)57)34-82-63(85)52-25-53(52)64(82)86)54(39)35-80-40(2)28-78(29-41(80)3)30-42-27-74-79(31-42)32-46-10-11-47(77-76-46)37-88-17-7-6-8-18-89-38-66(4,5)61-21-43-20-56(55(70)26-58(43)81(61)33-48(84)36-83)75-65(87)67(14-15-67)44-9-12-59-60(22-44)91-68(71,72)90-59/h9-13,16,19-24,26-27,31,40-41,48,52-53,83-84H,6-8,14-15,17-18,25,28-30,32-38H2,1-5H3,(H,75,87)/t40-,41-,48-,52?,53?/m0/s1. The van der Waals surface area contributed by atoms with Crippen molar-refractivity contribution in [3.63, 3.8) is 0 Å². The fourth-order valence-corrected chi connectivity index (χ4v) is 14.9. The summed E-state index contributed by atoms with van der Waals surface area (Å²) in [7, 11) is 0. The molecule has 3 aromatic carbocycles. The van der Waals surface area contributed by atoms with Gasteiger partial charge in [0.25, 0.3) is 0 Å². The van der Waals surface area contributed by atoms with Crippen LogP contribution in [0.1, 0.15) is 110 Å². The fourth-order valence-electron chi connectivity index (χ4n) is 13.5. The summed E-state index contributed by atoms with van der Waals surface area (Å²) in [4.78, 5) is 51.5. The predicted octanol–water partition coefficient (Wildman–Crippen LogP) is 10.7. The van der Waals surface area contributed by atoms with Crippen molar-refractivity contribution in [3.8, 4) is 22.6 Å². The number of halogens is 4. The number of alkyl halides is 2. The summed E-state index contributed by atoms with van der Waals surface area (Å²) in [6.07, 6.45) is 4.93. The number of piperidine rings is 1. The molecule has 92 heavy (non-hydrogen) atoms. The number of benzene rings is 3. The van der Waals surface area contributed by atoms with Gasteiger partial charge in [0.2, 0.25) is 17.7 Å². The van der Waals surface area contributed by atoms with Crippen LogP contribution in [0.4, 0.5) is 18.9 Å². The Morgan fingerprint density at radius 3 is 2.36 bits per heavy atom. The molecule has 3 amide bonds. The van der Waals surface area contributed by atoms with Gasteiger partial charge in [0.15, 0.2) is 11.5 Å². The van der Waals surface area contributed by atoms with Crippen LogP contribution in [0.5, 0.6) is 11.5 Å². The number of aliphatic hydroxyl groups excluding tert-OH is 2. The van der Waals surface area contributed by atoms with Crippen molar-refractivity contribution in [1.82, 2.24) is 44.2 Å². The molecule has 2 saturated heterocycles. The molecule has 4 fully saturated rings. The minimum atomic E-state index is -3.80. The summed E-state index contributed by atoms with van der Waals surface area (Å²) in [5, 5.41) is 38.0. The van der Waals surface area contributed by atoms with Gasteiger partial charge in [0.05, 0.1) is 102 Å². The number of pyridine rings is 1. The fraction of sp³-hybridized carbons (Fsp3) is 0.456. The lowest BCUT2D eigenvalue weighted by Gasteiger charge is -2.45. The number of nitrogens with zero attached hydrogens (tertiary/aromatic N) is 9. The molecule has 484 valence electrons. The molecule has 5 atom stereocenters. The van der Waals surface area contributed by atoms with E-state index in [9.17, 15) is 33.4 Å². The highest BCUT2D eigenvalue weighted by atomic mass is 35.5. The average molecular weight is 1300 g/mol. The number of likely N-dealkylation sites (tertiary alicyclic amines) is 1. The van der Waals surface area contributed by atoms with E-state index in [4.69, 9.17) is 26.1 Å². The Hall–Kier alpha value is -7.35. The Kier molecular flexibility index (Phi) is 17.6. The molecular weight excluding hydrogens is 1230 g/mol. The largest absolute Gasteiger partial charge is 0.586 e. The van der Waals surface area contributed by atoms with E-state index < -0.39 is 41.6 Å². The van der Waals surface area contributed by atoms with Gasteiger partial charge in [-0.25, -0.2) is 4.39 Å². The van der Waals surface area contributed by atoms with Crippen molar-refractivity contribution in [2.75, 3.05) is 44.8 Å². The van der Waals surface area contributed by atoms with Crippen LogP contribution in [0.3, 0.4) is 0 Å². The van der Waals surface area contributed by atoms with Crippen LogP contribution in [0, 0.1) is 24.6 Å². The minimum absolute atomic E-state index is 0.00808. The quantitative estimate of drug-likeness (QED) is 0.0340. The van der Waals surface area contributed by atoms with E-state index in [0.29, 0.717) is 73.7 Å². The van der Waals surface area contributed by atoms with Crippen LogP contribution in [-0.2, 0) is 74.0 Å². The summed E-state index contributed by atoms with van der Waals surface area (Å²) in [5.74, 6) is -1.85. The van der Waals surface area contributed by atoms with Gasteiger partial charge in [-0.05, 0) is 142 Å². The second kappa shape index (κ2) is 25.5. The number of fused-ring (bicyclic) bond motifs is 4. The molecule has 0 spiro atoms. The maximum atomic E-state index is 15.9. The number of carbonyl (C=O) groups is 3. The number of thiophene rings is 1. The number of rotatable bonds is 26. The molecule has 2 saturated carbocycles. The molecule has 0 bridgehead atoms. The summed E-state index contributed by atoms with van der Waals surface area (Å²) < 4.78 is 69.4. The molecule has 8 heterocycles. The molecule has 3 N–H and O–H groups in total. The summed E-state index contributed by atoms with van der Waals surface area (Å²) in [5.41, 5.74) is 7.86. The molecule has 13 rings (SSSR count). The number of amides is 3. The van der Waals surface area contributed by atoms with Crippen LogP contribution in [-0.4, -0.2) is 136 Å². The van der Waals surface area contributed by atoms with E-state index in [1.54, 1.807) is 15.9 Å². The van der Waals surface area contributed by atoms with E-state index in [1.165, 1.54) is 40.8 Å². The van der Waals surface area contributed by atoms with Gasteiger partial charge in [-0.3, -0.25) is 38.7 Å². The highest BCUT2D eigenvalue weighted by Crippen LogP contribution is 2.53. The minimum Gasteiger partial charge on any atom is -0.395 e. The summed E-state index contributed by atoms with van der Waals surface area (Å²) >= 11 is 8.37. The highest BCUT2D eigenvalue weighted by molar-refractivity contribution is 7.19. The second-order valence-electron chi connectivity index (χ2n) is 26.2.